The normalized spacial score (nSPS) is 15.4. The first kappa shape index (κ1) is 16.2. The van der Waals surface area contributed by atoms with E-state index in [2.05, 4.69) is 10.2 Å². The van der Waals surface area contributed by atoms with E-state index in [0.717, 1.165) is 38.5 Å². The van der Waals surface area contributed by atoms with E-state index in [1.807, 2.05) is 30.3 Å². The lowest BCUT2D eigenvalue weighted by Gasteiger charge is -2.26. The maximum absolute atomic E-state index is 5.49. The van der Waals surface area contributed by atoms with E-state index >= 15 is 0 Å². The smallest absolute Gasteiger partial charge is 0.261 e. The van der Waals surface area contributed by atoms with Crippen LogP contribution in [-0.2, 0) is 9.47 Å². The summed E-state index contributed by atoms with van der Waals surface area (Å²) in [6.45, 7) is 5.07. The predicted molar refractivity (Wildman–Crippen MR) is 83.1 cm³/mol. The van der Waals surface area contributed by atoms with Crippen molar-refractivity contribution in [3.8, 4) is 0 Å². The molecule has 0 aromatic heterocycles. The van der Waals surface area contributed by atoms with Crippen LogP contribution < -0.4 is 5.32 Å². The van der Waals surface area contributed by atoms with Crippen LogP contribution in [0.15, 0.2) is 30.3 Å². The van der Waals surface area contributed by atoms with Gasteiger partial charge in [-0.3, -0.25) is 4.90 Å². The predicted octanol–water partition coefficient (Wildman–Crippen LogP) is 2.15. The van der Waals surface area contributed by atoms with Gasteiger partial charge in [-0.25, -0.2) is 0 Å². The van der Waals surface area contributed by atoms with E-state index in [9.17, 15) is 0 Å². The molecule has 0 spiro atoms. The molecule has 1 heterocycles. The van der Waals surface area contributed by atoms with Gasteiger partial charge in [-0.05, 0) is 24.4 Å². The number of halogens is 1. The van der Waals surface area contributed by atoms with Crippen molar-refractivity contribution in [1.29, 1.82) is 0 Å². The van der Waals surface area contributed by atoms with Gasteiger partial charge >= 0.3 is 0 Å². The second-order valence-electron chi connectivity index (χ2n) is 4.08. The fourth-order valence-corrected chi connectivity index (χ4v) is 1.97. The first-order valence-corrected chi connectivity index (χ1v) is 6.54. The van der Waals surface area contributed by atoms with Crippen LogP contribution in [0, 0.1) is 0 Å². The Morgan fingerprint density at radius 3 is 2.63 bits per heavy atom. The molecule has 0 amide bonds. The van der Waals surface area contributed by atoms with E-state index in [4.69, 9.17) is 21.7 Å². The first-order valence-electron chi connectivity index (χ1n) is 6.13. The summed E-state index contributed by atoms with van der Waals surface area (Å²) in [5, 5.41) is 3.47. The Labute approximate surface area is 125 Å². The third kappa shape index (κ3) is 6.20. The standard InChI is InChI=1S/C13H18N2O2S.ClH/c18-13(14-12-4-2-1-3-5-12)17-11-8-15-6-9-16-10-7-15;/h1-5H,6-11H2,(H,14,18);1H. The van der Waals surface area contributed by atoms with E-state index in [-0.39, 0.29) is 12.4 Å². The quantitative estimate of drug-likeness (QED) is 0.862. The highest BCUT2D eigenvalue weighted by Gasteiger charge is 2.09. The first-order chi connectivity index (χ1) is 8.84. The van der Waals surface area contributed by atoms with Crippen LogP contribution in [0.5, 0.6) is 0 Å². The molecule has 1 N–H and O–H groups in total. The van der Waals surface area contributed by atoms with Crippen molar-refractivity contribution in [3.63, 3.8) is 0 Å². The maximum Gasteiger partial charge on any atom is 0.261 e. The van der Waals surface area contributed by atoms with E-state index in [1.165, 1.54) is 0 Å². The number of nitrogens with one attached hydrogen (secondary N) is 1. The Bertz CT molecular complexity index is 372. The van der Waals surface area contributed by atoms with Crippen LogP contribution in [0.4, 0.5) is 5.69 Å². The molecule has 0 bridgehead atoms. The van der Waals surface area contributed by atoms with Crippen LogP contribution >= 0.6 is 24.6 Å². The third-order valence-electron chi connectivity index (χ3n) is 2.76. The fraction of sp³-hybridized carbons (Fsp3) is 0.462. The monoisotopic (exact) mass is 302 g/mol. The van der Waals surface area contributed by atoms with Crippen LogP contribution in [0.25, 0.3) is 0 Å². The van der Waals surface area contributed by atoms with Gasteiger partial charge in [0.25, 0.3) is 5.17 Å². The SMILES string of the molecule is Cl.S=C(Nc1ccccc1)OCCN1CCOCC1. The maximum atomic E-state index is 5.49. The summed E-state index contributed by atoms with van der Waals surface area (Å²) < 4.78 is 10.8. The van der Waals surface area contributed by atoms with E-state index < -0.39 is 0 Å². The average molecular weight is 303 g/mol. The molecule has 4 nitrogen and oxygen atoms in total. The minimum Gasteiger partial charge on any atom is -0.469 e. The number of para-hydroxylation sites is 1. The zero-order valence-electron chi connectivity index (χ0n) is 10.7. The number of ether oxygens (including phenoxy) is 2. The number of benzene rings is 1. The molecule has 0 atom stereocenters. The summed E-state index contributed by atoms with van der Waals surface area (Å²) in [6, 6.07) is 9.79. The van der Waals surface area contributed by atoms with Gasteiger partial charge in [-0.15, -0.1) is 12.4 Å². The highest BCUT2D eigenvalue weighted by molar-refractivity contribution is 7.80. The van der Waals surface area contributed by atoms with Gasteiger partial charge in [0, 0.05) is 25.3 Å². The zero-order valence-corrected chi connectivity index (χ0v) is 12.3. The van der Waals surface area contributed by atoms with E-state index in [1.54, 1.807) is 0 Å². The average Bonchev–Trinajstić information content (AvgIpc) is 2.41. The third-order valence-corrected chi connectivity index (χ3v) is 2.98. The molecule has 1 aromatic carbocycles. The summed E-state index contributed by atoms with van der Waals surface area (Å²) in [5.41, 5.74) is 0.953. The molecule has 6 heteroatoms. The number of nitrogens with zero attached hydrogens (tertiary/aromatic N) is 1. The Morgan fingerprint density at radius 1 is 1.26 bits per heavy atom. The number of hydrogen-bond donors (Lipinski definition) is 1. The molecular weight excluding hydrogens is 284 g/mol. The number of rotatable bonds is 4. The molecule has 0 radical (unpaired) electrons. The minimum atomic E-state index is 0. The second-order valence-corrected chi connectivity index (χ2v) is 4.45. The molecule has 1 aliphatic heterocycles. The van der Waals surface area contributed by atoms with Crippen molar-refractivity contribution in [1.82, 2.24) is 4.90 Å². The van der Waals surface area contributed by atoms with Gasteiger partial charge in [0.2, 0.25) is 0 Å². The molecule has 1 saturated heterocycles. The molecule has 2 rings (SSSR count). The highest BCUT2D eigenvalue weighted by Crippen LogP contribution is 2.05. The lowest BCUT2D eigenvalue weighted by atomic mass is 10.3. The van der Waals surface area contributed by atoms with E-state index in [0.29, 0.717) is 11.8 Å². The Hall–Kier alpha value is -0.880. The molecular formula is C13H19ClN2O2S. The van der Waals surface area contributed by atoms with Crippen molar-refractivity contribution in [2.75, 3.05) is 44.8 Å². The molecule has 0 aliphatic carbocycles. The summed E-state index contributed by atoms with van der Waals surface area (Å²) in [6.07, 6.45) is 0. The van der Waals surface area contributed by atoms with Crippen LogP contribution in [0.3, 0.4) is 0 Å². The van der Waals surface area contributed by atoms with Gasteiger partial charge in [0.1, 0.15) is 6.61 Å². The summed E-state index contributed by atoms with van der Waals surface area (Å²) in [4.78, 5) is 2.31. The van der Waals surface area contributed by atoms with Crippen molar-refractivity contribution in [3.05, 3.63) is 30.3 Å². The van der Waals surface area contributed by atoms with Gasteiger partial charge in [-0.2, -0.15) is 0 Å². The lowest BCUT2D eigenvalue weighted by molar-refractivity contribution is 0.0317. The van der Waals surface area contributed by atoms with Gasteiger partial charge in [-0.1, -0.05) is 18.2 Å². The van der Waals surface area contributed by atoms with Gasteiger partial charge in [0.05, 0.1) is 13.2 Å². The van der Waals surface area contributed by atoms with Crippen LogP contribution in [0.2, 0.25) is 0 Å². The molecule has 1 aromatic rings. The lowest BCUT2D eigenvalue weighted by Crippen LogP contribution is -2.38. The second kappa shape index (κ2) is 9.09. The fourth-order valence-electron chi connectivity index (χ4n) is 1.77. The largest absolute Gasteiger partial charge is 0.469 e. The number of anilines is 1. The van der Waals surface area contributed by atoms with Gasteiger partial charge in [0.15, 0.2) is 0 Å². The summed E-state index contributed by atoms with van der Waals surface area (Å²) in [7, 11) is 0. The summed E-state index contributed by atoms with van der Waals surface area (Å²) in [5.74, 6) is 0. The van der Waals surface area contributed by atoms with Crippen LogP contribution in [0.1, 0.15) is 0 Å². The Balaban J connectivity index is 0.00000180. The number of thiocarbonyl (C=S) groups is 1. The molecule has 0 unspecified atom stereocenters. The van der Waals surface area contributed by atoms with Crippen molar-refractivity contribution >= 4 is 35.5 Å². The van der Waals surface area contributed by atoms with Crippen molar-refractivity contribution < 1.29 is 9.47 Å². The highest BCUT2D eigenvalue weighted by atomic mass is 35.5. The topological polar surface area (TPSA) is 33.7 Å². The number of hydrogen-bond acceptors (Lipinski definition) is 4. The Kier molecular flexibility index (Phi) is 7.74. The molecule has 106 valence electrons. The number of morpholine rings is 1. The van der Waals surface area contributed by atoms with Crippen molar-refractivity contribution in [2.45, 2.75) is 0 Å². The van der Waals surface area contributed by atoms with Crippen LogP contribution in [-0.4, -0.2) is 49.5 Å². The molecule has 0 saturated carbocycles. The van der Waals surface area contributed by atoms with Crippen molar-refractivity contribution in [2.24, 2.45) is 0 Å². The molecule has 19 heavy (non-hydrogen) atoms. The van der Waals surface area contributed by atoms with Gasteiger partial charge < -0.3 is 14.8 Å². The summed E-state index contributed by atoms with van der Waals surface area (Å²) >= 11 is 5.13. The minimum absolute atomic E-state index is 0. The molecule has 1 aliphatic rings. The Morgan fingerprint density at radius 2 is 1.95 bits per heavy atom. The zero-order chi connectivity index (χ0) is 12.6. The molecule has 1 fully saturated rings.